The first kappa shape index (κ1) is 16.3. The summed E-state index contributed by atoms with van der Waals surface area (Å²) in [7, 11) is 3.70. The lowest BCUT2D eigenvalue weighted by atomic mass is 9.95. The van der Waals surface area contributed by atoms with E-state index in [9.17, 15) is 4.79 Å². The summed E-state index contributed by atoms with van der Waals surface area (Å²) in [4.78, 5) is 23.0. The third-order valence-electron chi connectivity index (χ3n) is 5.25. The Morgan fingerprint density at radius 3 is 2.78 bits per heavy atom. The molecule has 0 N–H and O–H groups in total. The lowest BCUT2D eigenvalue weighted by molar-refractivity contribution is 0.127. The van der Waals surface area contributed by atoms with E-state index in [1.165, 1.54) is 12.8 Å². The van der Waals surface area contributed by atoms with Gasteiger partial charge in [0.05, 0.1) is 0 Å². The molecule has 2 atom stereocenters. The van der Waals surface area contributed by atoms with Gasteiger partial charge in [0.15, 0.2) is 0 Å². The van der Waals surface area contributed by atoms with Gasteiger partial charge in [-0.15, -0.1) is 0 Å². The number of hydrogen-bond donors (Lipinski definition) is 0. The monoisotopic (exact) mass is 319 g/mol. The van der Waals surface area contributed by atoms with E-state index in [1.54, 1.807) is 4.90 Å². The number of amides is 2. The summed E-state index contributed by atoms with van der Waals surface area (Å²) in [5.74, 6) is 1.72. The zero-order chi connectivity index (χ0) is 16.4. The number of nitrogens with zero attached hydrogens (tertiary/aromatic N) is 5. The highest BCUT2D eigenvalue weighted by molar-refractivity contribution is 5.74. The van der Waals surface area contributed by atoms with Crippen LogP contribution in [0.15, 0.2) is 12.4 Å². The van der Waals surface area contributed by atoms with Crippen molar-refractivity contribution in [1.82, 2.24) is 24.3 Å². The molecular weight excluding hydrogens is 290 g/mol. The van der Waals surface area contributed by atoms with Crippen LogP contribution in [0.3, 0.4) is 0 Å². The van der Waals surface area contributed by atoms with E-state index < -0.39 is 0 Å². The second-order valence-electron chi connectivity index (χ2n) is 7.20. The average Bonchev–Trinajstić information content (AvgIpc) is 2.74. The van der Waals surface area contributed by atoms with Crippen molar-refractivity contribution >= 4 is 6.03 Å². The number of fused-ring (bicyclic) bond motifs is 4. The molecule has 0 saturated carbocycles. The van der Waals surface area contributed by atoms with Crippen LogP contribution in [0.1, 0.15) is 25.1 Å². The van der Waals surface area contributed by atoms with Crippen molar-refractivity contribution in [2.75, 3.05) is 40.3 Å². The minimum absolute atomic E-state index is 0.165. The molecule has 4 rings (SSSR count). The van der Waals surface area contributed by atoms with Crippen molar-refractivity contribution in [3.05, 3.63) is 18.2 Å². The van der Waals surface area contributed by atoms with E-state index in [0.717, 1.165) is 45.0 Å². The van der Waals surface area contributed by atoms with Crippen molar-refractivity contribution in [3.63, 3.8) is 0 Å². The molecule has 0 aliphatic carbocycles. The highest BCUT2D eigenvalue weighted by Crippen LogP contribution is 2.28. The minimum atomic E-state index is 0.165. The molecule has 2 amide bonds. The lowest BCUT2D eigenvalue weighted by Crippen LogP contribution is -2.46. The van der Waals surface area contributed by atoms with Crippen LogP contribution in [0.25, 0.3) is 0 Å². The predicted octanol–water partition coefficient (Wildman–Crippen LogP) is 1.66. The molecule has 0 spiro atoms. The zero-order valence-electron chi connectivity index (χ0n) is 14.6. The summed E-state index contributed by atoms with van der Waals surface area (Å²) in [6.07, 6.45) is 7.56. The number of hydrogen-bond acceptors (Lipinski definition) is 3. The van der Waals surface area contributed by atoms with Gasteiger partial charge in [-0.05, 0) is 32.1 Å². The van der Waals surface area contributed by atoms with Gasteiger partial charge in [-0.3, -0.25) is 4.90 Å². The number of aromatic nitrogens is 2. The zero-order valence-corrected chi connectivity index (χ0v) is 14.6. The van der Waals surface area contributed by atoms with Crippen LogP contribution >= 0.6 is 0 Å². The van der Waals surface area contributed by atoms with E-state index in [1.807, 2.05) is 20.3 Å². The second kappa shape index (κ2) is 6.91. The average molecular weight is 319 g/mol. The third-order valence-corrected chi connectivity index (χ3v) is 5.25. The van der Waals surface area contributed by atoms with Gasteiger partial charge >= 0.3 is 6.03 Å². The van der Waals surface area contributed by atoms with Crippen LogP contribution in [0.2, 0.25) is 0 Å². The lowest BCUT2D eigenvalue weighted by Gasteiger charge is -2.36. The quantitative estimate of drug-likeness (QED) is 0.848. The maximum Gasteiger partial charge on any atom is 0.319 e. The fraction of sp³-hybridized carbons (Fsp3) is 0.765. The topological polar surface area (TPSA) is 44.6 Å². The first-order valence-electron chi connectivity index (χ1n) is 8.72. The van der Waals surface area contributed by atoms with Crippen LogP contribution in [0.5, 0.6) is 0 Å². The molecule has 3 aliphatic heterocycles. The van der Waals surface area contributed by atoms with E-state index in [0.29, 0.717) is 12.0 Å². The molecule has 3 saturated heterocycles. The Morgan fingerprint density at radius 1 is 1.26 bits per heavy atom. The number of rotatable bonds is 4. The molecule has 1 aromatic rings. The first-order valence-corrected chi connectivity index (χ1v) is 8.72. The van der Waals surface area contributed by atoms with Crippen molar-refractivity contribution in [1.29, 1.82) is 0 Å². The number of piperidine rings is 1. The van der Waals surface area contributed by atoms with Gasteiger partial charge in [0.2, 0.25) is 0 Å². The van der Waals surface area contributed by atoms with Gasteiger partial charge in [-0.25, -0.2) is 9.78 Å². The van der Waals surface area contributed by atoms with Crippen molar-refractivity contribution in [2.45, 2.75) is 38.8 Å². The Kier molecular flexibility index (Phi) is 4.90. The molecule has 3 fully saturated rings. The summed E-state index contributed by atoms with van der Waals surface area (Å²) in [5, 5.41) is 0. The molecule has 4 heterocycles. The molecule has 6 nitrogen and oxygen atoms in total. The molecule has 6 heteroatoms. The SMILES string of the molecule is Cc1nccn1CCCN1C[C@H]2CC[C@@H]1CN(C(=O)N(C)C)C2. The Bertz CT molecular complexity index is 541. The van der Waals surface area contributed by atoms with Gasteiger partial charge in [-0.1, -0.05) is 0 Å². The van der Waals surface area contributed by atoms with Gasteiger partial charge in [0, 0.05) is 65.3 Å². The van der Waals surface area contributed by atoms with Crippen LogP contribution < -0.4 is 0 Å². The van der Waals surface area contributed by atoms with Gasteiger partial charge in [-0.2, -0.15) is 0 Å². The summed E-state index contributed by atoms with van der Waals surface area (Å²) in [6.45, 7) is 7.15. The number of urea groups is 1. The van der Waals surface area contributed by atoms with E-state index in [-0.39, 0.29) is 6.03 Å². The third kappa shape index (κ3) is 3.68. The molecule has 1 aromatic heterocycles. The highest BCUT2D eigenvalue weighted by atomic mass is 16.2. The number of carbonyl (C=O) groups is 1. The molecular formula is C17H29N5O. The minimum Gasteiger partial charge on any atom is -0.335 e. The summed E-state index contributed by atoms with van der Waals surface area (Å²) < 4.78 is 2.22. The highest BCUT2D eigenvalue weighted by Gasteiger charge is 2.36. The van der Waals surface area contributed by atoms with Crippen LogP contribution in [0, 0.1) is 12.8 Å². The maximum absolute atomic E-state index is 12.3. The van der Waals surface area contributed by atoms with Crippen LogP contribution in [-0.2, 0) is 6.54 Å². The van der Waals surface area contributed by atoms with E-state index in [4.69, 9.17) is 0 Å². The Morgan fingerprint density at radius 2 is 2.09 bits per heavy atom. The molecule has 2 bridgehead atoms. The molecule has 3 aliphatic rings. The van der Waals surface area contributed by atoms with Gasteiger partial charge in [0.1, 0.15) is 5.82 Å². The normalized spacial score (nSPS) is 24.7. The van der Waals surface area contributed by atoms with E-state index in [2.05, 4.69) is 32.5 Å². The smallest absolute Gasteiger partial charge is 0.319 e. The van der Waals surface area contributed by atoms with Gasteiger partial charge in [0.25, 0.3) is 0 Å². The molecule has 0 unspecified atom stereocenters. The van der Waals surface area contributed by atoms with Crippen molar-refractivity contribution in [2.24, 2.45) is 5.92 Å². The largest absolute Gasteiger partial charge is 0.335 e. The standard InChI is InChI=1S/C17H29N5O/c1-14-18-7-10-20(14)8-4-9-21-11-15-5-6-16(21)13-22(12-15)17(23)19(2)3/h7,10,15-16H,4-6,8-9,11-13H2,1-3H3/t15-,16-/m1/s1. The van der Waals surface area contributed by atoms with Crippen LogP contribution in [-0.4, -0.2) is 76.6 Å². The Labute approximate surface area is 139 Å². The van der Waals surface area contributed by atoms with Crippen molar-refractivity contribution in [3.8, 4) is 0 Å². The Balaban J connectivity index is 1.55. The van der Waals surface area contributed by atoms with E-state index >= 15 is 0 Å². The molecule has 23 heavy (non-hydrogen) atoms. The Hall–Kier alpha value is -1.56. The number of aryl methyl sites for hydroxylation is 2. The number of carbonyl (C=O) groups excluding carboxylic acids is 1. The summed E-state index contributed by atoms with van der Waals surface area (Å²) in [5.41, 5.74) is 0. The first-order chi connectivity index (χ1) is 11.0. The second-order valence-corrected chi connectivity index (χ2v) is 7.20. The fourth-order valence-corrected chi connectivity index (χ4v) is 3.98. The predicted molar refractivity (Wildman–Crippen MR) is 90.3 cm³/mol. The maximum atomic E-state index is 12.3. The molecule has 0 aromatic carbocycles. The van der Waals surface area contributed by atoms with Gasteiger partial charge < -0.3 is 14.4 Å². The summed E-state index contributed by atoms with van der Waals surface area (Å²) in [6, 6.07) is 0.694. The van der Waals surface area contributed by atoms with Crippen LogP contribution in [0.4, 0.5) is 4.79 Å². The van der Waals surface area contributed by atoms with Crippen molar-refractivity contribution < 1.29 is 4.79 Å². The molecule has 0 radical (unpaired) electrons. The molecule has 128 valence electrons. The fourth-order valence-electron chi connectivity index (χ4n) is 3.98. The number of imidazole rings is 1. The summed E-state index contributed by atoms with van der Waals surface area (Å²) >= 11 is 0.